The summed E-state index contributed by atoms with van der Waals surface area (Å²) in [6.07, 6.45) is 4.85. The molecular weight excluding hydrogens is 402 g/mol. The van der Waals surface area contributed by atoms with E-state index in [1.165, 1.54) is 22.7 Å². The highest BCUT2D eigenvalue weighted by molar-refractivity contribution is 5.94. The molecule has 7 heteroatoms. The van der Waals surface area contributed by atoms with Crippen LogP contribution in [0.25, 0.3) is 16.7 Å². The molecule has 162 valence electrons. The van der Waals surface area contributed by atoms with Gasteiger partial charge in [0.05, 0.1) is 11.9 Å². The fourth-order valence-electron chi connectivity index (χ4n) is 4.27. The second-order valence-electron chi connectivity index (χ2n) is 8.50. The molecule has 0 spiro atoms. The van der Waals surface area contributed by atoms with Crippen LogP contribution >= 0.6 is 0 Å². The predicted molar refractivity (Wildman–Crippen MR) is 124 cm³/mol. The second kappa shape index (κ2) is 8.07. The molecule has 2 aromatic carbocycles. The largest absolute Gasteiger partial charge is 0.311 e. The van der Waals surface area contributed by atoms with E-state index < -0.39 is 0 Å². The lowest BCUT2D eigenvalue weighted by Crippen LogP contribution is -2.39. The van der Waals surface area contributed by atoms with Crippen molar-refractivity contribution in [1.82, 2.24) is 19.3 Å². The van der Waals surface area contributed by atoms with Gasteiger partial charge in [-0.2, -0.15) is 5.10 Å². The van der Waals surface area contributed by atoms with Gasteiger partial charge in [0.15, 0.2) is 5.65 Å². The first-order valence-corrected chi connectivity index (χ1v) is 10.9. The molecule has 3 heterocycles. The molecule has 0 fully saturated rings. The summed E-state index contributed by atoms with van der Waals surface area (Å²) in [6.45, 7) is 4.90. The smallest absolute Gasteiger partial charge is 0.264 e. The molecule has 0 bridgehead atoms. The lowest BCUT2D eigenvalue weighted by atomic mass is 10.0. The van der Waals surface area contributed by atoms with Gasteiger partial charge >= 0.3 is 0 Å². The second-order valence-corrected chi connectivity index (χ2v) is 8.50. The monoisotopic (exact) mass is 427 g/mol. The lowest BCUT2D eigenvalue weighted by Gasteiger charge is -2.29. The predicted octanol–water partition coefficient (Wildman–Crippen LogP) is 3.69. The zero-order valence-corrected chi connectivity index (χ0v) is 18.2. The third-order valence-electron chi connectivity index (χ3n) is 6.08. The van der Waals surface area contributed by atoms with Gasteiger partial charge in [0.25, 0.3) is 5.56 Å². The van der Waals surface area contributed by atoms with Gasteiger partial charge in [-0.05, 0) is 48.1 Å². The minimum atomic E-state index is -0.265. The summed E-state index contributed by atoms with van der Waals surface area (Å²) >= 11 is 0. The number of fused-ring (bicyclic) bond motifs is 2. The van der Waals surface area contributed by atoms with E-state index in [2.05, 4.69) is 42.1 Å². The topological polar surface area (TPSA) is 73.0 Å². The molecule has 1 amide bonds. The first-order valence-electron chi connectivity index (χ1n) is 10.9. The Bertz CT molecular complexity index is 1350. The highest BCUT2D eigenvalue weighted by Crippen LogP contribution is 2.27. The van der Waals surface area contributed by atoms with Gasteiger partial charge in [-0.3, -0.25) is 14.2 Å². The standard InChI is InChI=1S/C25H25N5O2/c1-17(2)18-9-11-20(12-10-18)30-24-21(14-27-30)25(32)28(16-26-24)15-23(31)29-13-5-7-19-6-3-4-8-22(19)29/h3-4,6,8-12,14,16-17H,5,7,13,15H2,1-2H3. The number of hydrogen-bond donors (Lipinski definition) is 0. The van der Waals surface area contributed by atoms with E-state index in [9.17, 15) is 9.59 Å². The Balaban J connectivity index is 1.44. The van der Waals surface area contributed by atoms with Crippen LogP contribution in [0.5, 0.6) is 0 Å². The first kappa shape index (κ1) is 20.2. The van der Waals surface area contributed by atoms with Gasteiger partial charge in [0.1, 0.15) is 18.3 Å². The Labute approximate surface area is 185 Å². The molecule has 1 aliphatic heterocycles. The number of rotatable bonds is 4. The van der Waals surface area contributed by atoms with E-state index in [4.69, 9.17) is 0 Å². The minimum Gasteiger partial charge on any atom is -0.311 e. The summed E-state index contributed by atoms with van der Waals surface area (Å²) in [5.74, 6) is 0.324. The van der Waals surface area contributed by atoms with Crippen molar-refractivity contribution in [2.75, 3.05) is 11.4 Å². The lowest BCUT2D eigenvalue weighted by molar-refractivity contribution is -0.119. The maximum Gasteiger partial charge on any atom is 0.264 e. The van der Waals surface area contributed by atoms with Gasteiger partial charge in [-0.1, -0.05) is 44.2 Å². The van der Waals surface area contributed by atoms with Gasteiger partial charge in [0, 0.05) is 12.2 Å². The van der Waals surface area contributed by atoms with Crippen LogP contribution in [-0.4, -0.2) is 31.8 Å². The molecule has 0 unspecified atom stereocenters. The number of nitrogens with zero attached hydrogens (tertiary/aromatic N) is 5. The van der Waals surface area contributed by atoms with Crippen molar-refractivity contribution in [1.29, 1.82) is 0 Å². The molecule has 2 aromatic heterocycles. The summed E-state index contributed by atoms with van der Waals surface area (Å²) in [4.78, 5) is 32.4. The van der Waals surface area contributed by atoms with Crippen molar-refractivity contribution < 1.29 is 4.79 Å². The molecular formula is C25H25N5O2. The van der Waals surface area contributed by atoms with Crippen molar-refractivity contribution in [3.8, 4) is 5.69 Å². The van der Waals surface area contributed by atoms with Crippen molar-refractivity contribution in [3.63, 3.8) is 0 Å². The molecule has 0 radical (unpaired) electrons. The molecule has 32 heavy (non-hydrogen) atoms. The number of aryl methyl sites for hydroxylation is 1. The Hall–Kier alpha value is -3.74. The Morgan fingerprint density at radius 1 is 1.09 bits per heavy atom. The molecule has 0 aliphatic carbocycles. The quantitative estimate of drug-likeness (QED) is 0.498. The molecule has 4 aromatic rings. The maximum absolute atomic E-state index is 13.1. The third-order valence-corrected chi connectivity index (χ3v) is 6.08. The Morgan fingerprint density at radius 3 is 2.66 bits per heavy atom. The van der Waals surface area contributed by atoms with Crippen LogP contribution in [-0.2, 0) is 17.8 Å². The number of benzene rings is 2. The van der Waals surface area contributed by atoms with Crippen LogP contribution < -0.4 is 10.5 Å². The van der Waals surface area contributed by atoms with Crippen LogP contribution in [0.3, 0.4) is 0 Å². The Kier molecular flexibility index (Phi) is 5.09. The van der Waals surface area contributed by atoms with Crippen LogP contribution in [0.15, 0.2) is 65.8 Å². The molecule has 5 rings (SSSR count). The summed E-state index contributed by atoms with van der Waals surface area (Å²) in [5.41, 5.74) is 4.40. The molecule has 0 atom stereocenters. The van der Waals surface area contributed by atoms with Crippen LogP contribution in [0.4, 0.5) is 5.69 Å². The van der Waals surface area contributed by atoms with Crippen LogP contribution in [0, 0.1) is 0 Å². The molecule has 1 aliphatic rings. The van der Waals surface area contributed by atoms with E-state index >= 15 is 0 Å². The van der Waals surface area contributed by atoms with Crippen molar-refractivity contribution in [2.24, 2.45) is 0 Å². The number of anilines is 1. The van der Waals surface area contributed by atoms with Gasteiger partial charge < -0.3 is 4.90 Å². The first-order chi connectivity index (χ1) is 15.5. The number of aromatic nitrogens is 4. The number of carbonyl (C=O) groups is 1. The average Bonchev–Trinajstić information content (AvgIpc) is 3.25. The number of amides is 1. The molecule has 0 saturated heterocycles. The van der Waals surface area contributed by atoms with Gasteiger partial charge in [-0.25, -0.2) is 9.67 Å². The number of hydrogen-bond acceptors (Lipinski definition) is 4. The normalized spacial score (nSPS) is 13.5. The Morgan fingerprint density at radius 2 is 1.88 bits per heavy atom. The van der Waals surface area contributed by atoms with E-state index in [1.54, 1.807) is 9.58 Å². The summed E-state index contributed by atoms with van der Waals surface area (Å²) in [7, 11) is 0. The van der Waals surface area contributed by atoms with Crippen LogP contribution in [0.2, 0.25) is 0 Å². The number of para-hydroxylation sites is 1. The van der Waals surface area contributed by atoms with E-state index in [1.807, 2.05) is 30.3 Å². The molecule has 7 nitrogen and oxygen atoms in total. The zero-order valence-electron chi connectivity index (χ0n) is 18.2. The van der Waals surface area contributed by atoms with Gasteiger partial charge in [-0.15, -0.1) is 0 Å². The number of carbonyl (C=O) groups excluding carboxylic acids is 1. The van der Waals surface area contributed by atoms with Gasteiger partial charge in [0.2, 0.25) is 5.91 Å². The molecule has 0 saturated carbocycles. The zero-order chi connectivity index (χ0) is 22.2. The fraction of sp³-hybridized carbons (Fsp3) is 0.280. The van der Waals surface area contributed by atoms with Crippen molar-refractivity contribution in [2.45, 2.75) is 39.2 Å². The van der Waals surface area contributed by atoms with Crippen molar-refractivity contribution >= 4 is 22.6 Å². The van der Waals surface area contributed by atoms with Crippen LogP contribution in [0.1, 0.15) is 37.3 Å². The highest BCUT2D eigenvalue weighted by Gasteiger charge is 2.23. The average molecular weight is 428 g/mol. The van der Waals surface area contributed by atoms with E-state index in [0.29, 0.717) is 23.5 Å². The fourth-order valence-corrected chi connectivity index (χ4v) is 4.27. The maximum atomic E-state index is 13.1. The summed E-state index contributed by atoms with van der Waals surface area (Å²) in [5, 5.41) is 4.78. The molecule has 0 N–H and O–H groups in total. The van der Waals surface area contributed by atoms with E-state index in [-0.39, 0.29) is 18.0 Å². The third kappa shape index (κ3) is 3.49. The highest BCUT2D eigenvalue weighted by atomic mass is 16.2. The summed E-state index contributed by atoms with van der Waals surface area (Å²) < 4.78 is 3.03. The van der Waals surface area contributed by atoms with Crippen molar-refractivity contribution in [3.05, 3.63) is 82.5 Å². The minimum absolute atomic E-state index is 0.0512. The summed E-state index contributed by atoms with van der Waals surface area (Å²) in [6, 6.07) is 16.0. The SMILES string of the molecule is CC(C)c1ccc(-n2ncc3c(=O)n(CC(=O)N4CCCc5ccccc54)cnc32)cc1. The van der Waals surface area contributed by atoms with E-state index in [0.717, 1.165) is 29.8 Å².